The Morgan fingerprint density at radius 2 is 1.77 bits per heavy atom. The first-order chi connectivity index (χ1) is 10.1. The lowest BCUT2D eigenvalue weighted by atomic mass is 10.2. The second-order valence-corrected chi connectivity index (χ2v) is 5.28. The monoisotopic (exact) mass is 319 g/mol. The van der Waals surface area contributed by atoms with E-state index in [0.717, 1.165) is 0 Å². The first-order valence-corrected chi connectivity index (χ1v) is 6.37. The van der Waals surface area contributed by atoms with Gasteiger partial charge in [-0.3, -0.25) is 4.79 Å². The van der Waals surface area contributed by atoms with E-state index >= 15 is 0 Å². The highest BCUT2D eigenvalue weighted by Crippen LogP contribution is 2.11. The van der Waals surface area contributed by atoms with Crippen molar-refractivity contribution in [2.45, 2.75) is 26.4 Å². The average molecular weight is 319 g/mol. The number of rotatable bonds is 4. The van der Waals surface area contributed by atoms with Gasteiger partial charge in [0.1, 0.15) is 5.60 Å². The Balaban J connectivity index is 2.46. The minimum atomic E-state index is -1.70. The summed E-state index contributed by atoms with van der Waals surface area (Å²) in [5, 5.41) is 4.56. The summed E-state index contributed by atoms with van der Waals surface area (Å²) in [7, 11) is 0. The third-order valence-electron chi connectivity index (χ3n) is 2.21. The van der Waals surface area contributed by atoms with Crippen LogP contribution in [-0.4, -0.2) is 35.7 Å². The van der Waals surface area contributed by atoms with Crippen LogP contribution in [-0.2, 0) is 4.74 Å². The second kappa shape index (κ2) is 7.10. The number of hydrogen-bond acceptors (Lipinski definition) is 4. The lowest BCUT2D eigenvalue weighted by Gasteiger charge is -2.19. The molecular formula is C13H16F3N3O3. The van der Waals surface area contributed by atoms with Crippen LogP contribution in [0.15, 0.2) is 6.07 Å². The first kappa shape index (κ1) is 17.7. The van der Waals surface area contributed by atoms with E-state index in [9.17, 15) is 22.8 Å². The van der Waals surface area contributed by atoms with Gasteiger partial charge in [-0.2, -0.15) is 13.8 Å². The molecule has 0 bridgehead atoms. The van der Waals surface area contributed by atoms with Crippen LogP contribution < -0.4 is 10.6 Å². The van der Waals surface area contributed by atoms with Gasteiger partial charge >= 0.3 is 6.09 Å². The molecule has 0 saturated heterocycles. The van der Waals surface area contributed by atoms with E-state index in [4.69, 9.17) is 4.74 Å². The van der Waals surface area contributed by atoms with E-state index in [1.54, 1.807) is 20.8 Å². The molecule has 0 aliphatic rings. The van der Waals surface area contributed by atoms with Crippen LogP contribution in [0.2, 0.25) is 0 Å². The number of amides is 2. The van der Waals surface area contributed by atoms with Crippen molar-refractivity contribution in [1.82, 2.24) is 15.6 Å². The maximum Gasteiger partial charge on any atom is 0.407 e. The van der Waals surface area contributed by atoms with Gasteiger partial charge < -0.3 is 15.4 Å². The summed E-state index contributed by atoms with van der Waals surface area (Å²) >= 11 is 0. The van der Waals surface area contributed by atoms with Gasteiger partial charge in [0.25, 0.3) is 11.9 Å². The molecule has 1 aromatic rings. The quantitative estimate of drug-likeness (QED) is 0.654. The predicted molar refractivity (Wildman–Crippen MR) is 70.7 cm³/mol. The molecule has 0 saturated carbocycles. The Kier molecular flexibility index (Phi) is 5.72. The van der Waals surface area contributed by atoms with Crippen molar-refractivity contribution in [2.24, 2.45) is 0 Å². The summed E-state index contributed by atoms with van der Waals surface area (Å²) in [6, 6.07) is 0.481. The Labute approximate surface area is 125 Å². The van der Waals surface area contributed by atoms with Gasteiger partial charge in [-0.1, -0.05) is 0 Å². The molecule has 2 amide bonds. The molecule has 0 radical (unpaired) electrons. The van der Waals surface area contributed by atoms with Gasteiger partial charge in [0.2, 0.25) is 5.95 Å². The normalized spacial score (nSPS) is 11.0. The zero-order valence-corrected chi connectivity index (χ0v) is 12.3. The number of pyridine rings is 1. The van der Waals surface area contributed by atoms with Crippen molar-refractivity contribution in [3.63, 3.8) is 0 Å². The van der Waals surface area contributed by atoms with Crippen LogP contribution in [0.25, 0.3) is 0 Å². The van der Waals surface area contributed by atoms with Crippen LogP contribution in [0, 0.1) is 17.7 Å². The molecule has 0 aliphatic carbocycles. The molecular weight excluding hydrogens is 303 g/mol. The van der Waals surface area contributed by atoms with E-state index in [-0.39, 0.29) is 13.1 Å². The molecule has 22 heavy (non-hydrogen) atoms. The summed E-state index contributed by atoms with van der Waals surface area (Å²) in [4.78, 5) is 25.5. The summed E-state index contributed by atoms with van der Waals surface area (Å²) < 4.78 is 44.0. The Bertz CT molecular complexity index is 574. The molecule has 0 aromatic carbocycles. The summed E-state index contributed by atoms with van der Waals surface area (Å²) in [5.41, 5.74) is -1.47. The molecule has 9 heteroatoms. The van der Waals surface area contributed by atoms with Gasteiger partial charge in [-0.05, 0) is 20.8 Å². The van der Waals surface area contributed by atoms with Gasteiger partial charge in [0.05, 0.1) is 5.56 Å². The largest absolute Gasteiger partial charge is 0.444 e. The van der Waals surface area contributed by atoms with E-state index in [1.807, 2.05) is 0 Å². The lowest BCUT2D eigenvalue weighted by molar-refractivity contribution is 0.0526. The number of alkyl carbamates (subject to hydrolysis) is 1. The lowest BCUT2D eigenvalue weighted by Crippen LogP contribution is -2.38. The van der Waals surface area contributed by atoms with Crippen LogP contribution in [0.3, 0.4) is 0 Å². The Morgan fingerprint density at radius 3 is 2.36 bits per heavy atom. The molecule has 6 nitrogen and oxygen atoms in total. The van der Waals surface area contributed by atoms with Crippen LogP contribution in [0.4, 0.5) is 18.0 Å². The number of carbonyl (C=O) groups excluding carboxylic acids is 2. The van der Waals surface area contributed by atoms with Crippen LogP contribution >= 0.6 is 0 Å². The molecule has 0 spiro atoms. The number of carbonyl (C=O) groups is 2. The fourth-order valence-corrected chi connectivity index (χ4v) is 1.38. The number of halogens is 3. The molecule has 1 rings (SSSR count). The topological polar surface area (TPSA) is 80.3 Å². The third kappa shape index (κ3) is 5.58. The molecule has 122 valence electrons. The third-order valence-corrected chi connectivity index (χ3v) is 2.21. The first-order valence-electron chi connectivity index (χ1n) is 6.37. The van der Waals surface area contributed by atoms with Crippen molar-refractivity contribution in [1.29, 1.82) is 0 Å². The maximum atomic E-state index is 13.3. The molecule has 0 atom stereocenters. The minimum absolute atomic E-state index is 0.00167. The van der Waals surface area contributed by atoms with Gasteiger partial charge in [0.15, 0.2) is 5.82 Å². The molecule has 0 fully saturated rings. The number of ether oxygens (including phenoxy) is 1. The zero-order chi connectivity index (χ0) is 16.9. The highest BCUT2D eigenvalue weighted by Gasteiger charge is 2.19. The predicted octanol–water partition coefficient (Wildman–Crippen LogP) is 1.75. The van der Waals surface area contributed by atoms with Crippen molar-refractivity contribution >= 4 is 12.0 Å². The summed E-state index contributed by atoms with van der Waals surface area (Å²) in [6.07, 6.45) is -0.686. The molecule has 0 unspecified atom stereocenters. The SMILES string of the molecule is CC(C)(C)OC(=O)NCCNC(=O)c1cc(F)nc(F)c1F. The van der Waals surface area contributed by atoms with Gasteiger partial charge in [-0.25, -0.2) is 9.18 Å². The highest BCUT2D eigenvalue weighted by molar-refractivity contribution is 5.94. The fraction of sp³-hybridized carbons (Fsp3) is 0.462. The zero-order valence-electron chi connectivity index (χ0n) is 12.3. The number of nitrogens with zero attached hydrogens (tertiary/aromatic N) is 1. The average Bonchev–Trinajstić information content (AvgIpc) is 2.36. The van der Waals surface area contributed by atoms with E-state index in [0.29, 0.717) is 6.07 Å². The standard InChI is InChI=1S/C13H16F3N3O3/c1-13(2,3)22-12(21)18-5-4-17-11(20)7-6-8(14)19-10(16)9(7)15/h6H,4-5H2,1-3H3,(H,17,20)(H,18,21). The van der Waals surface area contributed by atoms with Gasteiger partial charge in [-0.15, -0.1) is 0 Å². The highest BCUT2D eigenvalue weighted by atomic mass is 19.2. The number of nitrogens with one attached hydrogen (secondary N) is 2. The van der Waals surface area contributed by atoms with Crippen molar-refractivity contribution < 1.29 is 27.5 Å². The van der Waals surface area contributed by atoms with Crippen molar-refractivity contribution in [3.8, 4) is 0 Å². The van der Waals surface area contributed by atoms with Crippen molar-refractivity contribution in [2.75, 3.05) is 13.1 Å². The molecule has 1 aromatic heterocycles. The van der Waals surface area contributed by atoms with E-state index in [2.05, 4.69) is 15.6 Å². The number of aromatic nitrogens is 1. The van der Waals surface area contributed by atoms with Gasteiger partial charge in [0, 0.05) is 19.2 Å². The fourth-order valence-electron chi connectivity index (χ4n) is 1.38. The maximum absolute atomic E-state index is 13.3. The van der Waals surface area contributed by atoms with Crippen LogP contribution in [0.1, 0.15) is 31.1 Å². The molecule has 2 N–H and O–H groups in total. The Hall–Kier alpha value is -2.32. The molecule has 1 heterocycles. The minimum Gasteiger partial charge on any atom is -0.444 e. The summed E-state index contributed by atoms with van der Waals surface area (Å²) in [6.45, 7) is 4.97. The number of hydrogen-bond donors (Lipinski definition) is 2. The molecule has 0 aliphatic heterocycles. The second-order valence-electron chi connectivity index (χ2n) is 5.28. The smallest absolute Gasteiger partial charge is 0.407 e. The Morgan fingerprint density at radius 1 is 1.18 bits per heavy atom. The van der Waals surface area contributed by atoms with Crippen molar-refractivity contribution in [3.05, 3.63) is 29.3 Å². The van der Waals surface area contributed by atoms with E-state index in [1.165, 1.54) is 0 Å². The van der Waals surface area contributed by atoms with Crippen LogP contribution in [0.5, 0.6) is 0 Å². The summed E-state index contributed by atoms with van der Waals surface area (Å²) in [5.74, 6) is -5.57. The van der Waals surface area contributed by atoms with E-state index < -0.39 is 40.9 Å².